The third kappa shape index (κ3) is 7.21. The van der Waals surface area contributed by atoms with Crippen LogP contribution in [0.15, 0.2) is 83.8 Å². The van der Waals surface area contributed by atoms with Gasteiger partial charge in [-0.25, -0.2) is 8.42 Å². The number of rotatable bonds is 11. The van der Waals surface area contributed by atoms with Crippen LogP contribution in [0.4, 0.5) is 8.78 Å². The Labute approximate surface area is 269 Å². The number of nitrogens with zero attached hydrogens (tertiary/aromatic N) is 1. The number of alkyl halides is 2. The first-order chi connectivity index (χ1) is 22.1. The lowest BCUT2D eigenvalue weighted by Crippen LogP contribution is -2.60. The van der Waals surface area contributed by atoms with Crippen molar-refractivity contribution in [1.82, 2.24) is 9.62 Å². The fraction of sp³-hybridized carbons (Fsp3) is 0.457. The van der Waals surface area contributed by atoms with E-state index in [2.05, 4.69) is 4.72 Å². The predicted octanol–water partition coefficient (Wildman–Crippen LogP) is 6.36. The number of fused-ring (bicyclic) bond motifs is 2. The van der Waals surface area contributed by atoms with Gasteiger partial charge in [0, 0.05) is 23.7 Å². The summed E-state index contributed by atoms with van der Waals surface area (Å²) in [5.74, 6) is -3.02. The van der Waals surface area contributed by atoms with E-state index in [1.807, 2.05) is 6.07 Å². The Morgan fingerprint density at radius 3 is 2.07 bits per heavy atom. The van der Waals surface area contributed by atoms with Crippen molar-refractivity contribution in [3.05, 3.63) is 84.4 Å². The number of carbonyl (C=O) groups is 1. The van der Waals surface area contributed by atoms with Gasteiger partial charge in [0.05, 0.1) is 11.5 Å². The Kier molecular flexibility index (Phi) is 9.63. The molecule has 3 N–H and O–H groups in total. The molecule has 46 heavy (non-hydrogen) atoms. The quantitative estimate of drug-likeness (QED) is 0.249. The molecule has 3 aromatic rings. The maximum absolute atomic E-state index is 16.5. The van der Waals surface area contributed by atoms with E-state index in [9.17, 15) is 13.2 Å². The van der Waals surface area contributed by atoms with E-state index < -0.39 is 33.5 Å². The van der Waals surface area contributed by atoms with Gasteiger partial charge in [-0.3, -0.25) is 4.79 Å². The average Bonchev–Trinajstić information content (AvgIpc) is 3.34. The molecule has 2 bridgehead atoms. The number of hydrogen-bond donors (Lipinski definition) is 2. The molecule has 1 amide bonds. The van der Waals surface area contributed by atoms with Gasteiger partial charge < -0.3 is 20.1 Å². The van der Waals surface area contributed by atoms with Crippen LogP contribution in [0.5, 0.6) is 17.2 Å². The first-order valence-electron chi connectivity index (χ1n) is 16.1. The number of hydrogen-bond acceptors (Lipinski definition) is 6. The van der Waals surface area contributed by atoms with E-state index in [0.29, 0.717) is 55.5 Å². The fourth-order valence-corrected chi connectivity index (χ4v) is 8.24. The fourth-order valence-electron chi connectivity index (χ4n) is 7.05. The van der Waals surface area contributed by atoms with E-state index in [-0.39, 0.29) is 23.0 Å². The van der Waals surface area contributed by atoms with Gasteiger partial charge in [0.1, 0.15) is 17.2 Å². The van der Waals surface area contributed by atoms with Crippen LogP contribution in [-0.4, -0.2) is 50.0 Å². The Bertz CT molecular complexity index is 1570. The lowest BCUT2D eigenvalue weighted by atomic mass is 9.90. The largest absolute Gasteiger partial charge is 0.493 e. The van der Waals surface area contributed by atoms with Gasteiger partial charge >= 0.3 is 0 Å². The minimum absolute atomic E-state index is 0.131. The highest BCUT2D eigenvalue weighted by Gasteiger charge is 2.53. The highest BCUT2D eigenvalue weighted by Crippen LogP contribution is 2.40. The summed E-state index contributed by atoms with van der Waals surface area (Å²) in [4.78, 5) is 15.2. The lowest BCUT2D eigenvalue weighted by molar-refractivity contribution is -0.149. The minimum atomic E-state index is -4.54. The van der Waals surface area contributed by atoms with Gasteiger partial charge in [-0.15, -0.1) is 0 Å². The predicted molar refractivity (Wildman–Crippen MR) is 170 cm³/mol. The minimum Gasteiger partial charge on any atom is -0.493 e. The smallest absolute Gasteiger partial charge is 0.298 e. The van der Waals surface area contributed by atoms with Crippen LogP contribution < -0.4 is 19.9 Å². The molecule has 3 aliphatic rings. The number of ether oxygens (including phenoxy) is 2. The summed E-state index contributed by atoms with van der Waals surface area (Å²) in [6.07, 6.45) is 8.06. The summed E-state index contributed by atoms with van der Waals surface area (Å²) in [7, 11) is -4.54. The van der Waals surface area contributed by atoms with Crippen molar-refractivity contribution >= 4 is 15.9 Å². The molecule has 0 aromatic heterocycles. The third-order valence-electron chi connectivity index (χ3n) is 9.47. The zero-order valence-electron chi connectivity index (χ0n) is 25.7. The van der Waals surface area contributed by atoms with Crippen LogP contribution in [0.3, 0.4) is 0 Å². The molecule has 2 saturated heterocycles. The molecule has 8 nitrogen and oxygen atoms in total. The summed E-state index contributed by atoms with van der Waals surface area (Å²) >= 11 is 0. The molecular formula is C35H41F2N3O5S. The van der Waals surface area contributed by atoms with Crippen molar-refractivity contribution in [3.8, 4) is 17.2 Å². The number of halogens is 2. The van der Waals surface area contributed by atoms with Gasteiger partial charge in [0.15, 0.2) is 6.04 Å². The van der Waals surface area contributed by atoms with Crippen LogP contribution in [0, 0.1) is 5.92 Å². The van der Waals surface area contributed by atoms with E-state index in [1.165, 1.54) is 60.6 Å². The van der Waals surface area contributed by atoms with Crippen molar-refractivity contribution in [1.29, 1.82) is 0 Å². The standard InChI is InChI=1S/C35H41F2N3O5S/c36-35(37,25-11-15-31(16-12-25)45-30-9-5-2-6-10-30)33(34(41)40-27-13-14-28(40)22-26(38)21-27)39-46(42,43)32-19-17-29(18-20-32)44-23-24-7-3-1-4-8-24/h2,5-6,9-12,15-20,24,26-28,33,39H,1,3-4,7-8,13-14,21-23,38H2/t26?,27?,28?,33-/m1/s1. The van der Waals surface area contributed by atoms with Crippen molar-refractivity contribution in [2.45, 2.75) is 92.8 Å². The number of nitrogens with one attached hydrogen (secondary N) is 1. The Morgan fingerprint density at radius 1 is 0.848 bits per heavy atom. The second-order valence-corrected chi connectivity index (χ2v) is 14.5. The van der Waals surface area contributed by atoms with E-state index in [1.54, 1.807) is 24.3 Å². The first-order valence-corrected chi connectivity index (χ1v) is 17.6. The average molecular weight is 654 g/mol. The van der Waals surface area contributed by atoms with Gasteiger partial charge in [-0.1, -0.05) is 37.5 Å². The highest BCUT2D eigenvalue weighted by molar-refractivity contribution is 7.89. The molecule has 0 radical (unpaired) electrons. The van der Waals surface area contributed by atoms with Crippen LogP contribution in [-0.2, 0) is 20.7 Å². The Morgan fingerprint density at radius 2 is 1.43 bits per heavy atom. The molecule has 1 aliphatic carbocycles. The molecule has 3 atom stereocenters. The number of piperidine rings is 1. The van der Waals surface area contributed by atoms with Crippen molar-refractivity contribution in [2.75, 3.05) is 6.61 Å². The Hall–Kier alpha value is -3.54. The number of benzene rings is 3. The summed E-state index contributed by atoms with van der Waals surface area (Å²) in [6, 6.07) is 16.5. The molecule has 1 saturated carbocycles. The van der Waals surface area contributed by atoms with Gasteiger partial charge in [0.2, 0.25) is 15.9 Å². The maximum Gasteiger partial charge on any atom is 0.298 e. The number of nitrogens with two attached hydrogens (primary N) is 1. The van der Waals surface area contributed by atoms with Crippen LogP contribution >= 0.6 is 0 Å². The van der Waals surface area contributed by atoms with Crippen molar-refractivity contribution in [2.24, 2.45) is 11.7 Å². The molecule has 2 unspecified atom stereocenters. The van der Waals surface area contributed by atoms with E-state index in [4.69, 9.17) is 15.2 Å². The molecule has 2 aliphatic heterocycles. The molecule has 11 heteroatoms. The van der Waals surface area contributed by atoms with Crippen LogP contribution in [0.25, 0.3) is 0 Å². The second kappa shape index (κ2) is 13.7. The van der Waals surface area contributed by atoms with Crippen molar-refractivity contribution in [3.63, 3.8) is 0 Å². The summed E-state index contributed by atoms with van der Waals surface area (Å²) in [5, 5.41) is 0. The van der Waals surface area contributed by atoms with Gasteiger partial charge in [0.25, 0.3) is 5.92 Å². The molecule has 246 valence electrons. The lowest BCUT2D eigenvalue weighted by Gasteiger charge is -2.41. The summed E-state index contributed by atoms with van der Waals surface area (Å²) < 4.78 is 73.9. The highest BCUT2D eigenvalue weighted by atomic mass is 32.2. The van der Waals surface area contributed by atoms with Crippen LogP contribution in [0.1, 0.15) is 63.4 Å². The number of sulfonamides is 1. The Balaban J connectivity index is 1.24. The number of amides is 1. The third-order valence-corrected chi connectivity index (χ3v) is 10.9. The van der Waals surface area contributed by atoms with Crippen molar-refractivity contribution < 1.29 is 31.5 Å². The molecule has 0 spiro atoms. The molecule has 6 rings (SSSR count). The van der Waals surface area contributed by atoms with Gasteiger partial charge in [-0.05, 0) is 105 Å². The molecule has 3 aromatic carbocycles. The summed E-state index contributed by atoms with van der Waals surface area (Å²) in [5.41, 5.74) is 5.66. The number of para-hydroxylation sites is 1. The van der Waals surface area contributed by atoms with E-state index in [0.717, 1.165) is 25.0 Å². The second-order valence-electron chi connectivity index (χ2n) is 12.8. The first kappa shape index (κ1) is 32.4. The zero-order chi connectivity index (χ0) is 32.3. The normalized spacial score (nSPS) is 22.8. The van der Waals surface area contributed by atoms with Gasteiger partial charge in [-0.2, -0.15) is 13.5 Å². The number of carbonyl (C=O) groups excluding carboxylic acids is 1. The van der Waals surface area contributed by atoms with Crippen LogP contribution in [0.2, 0.25) is 0 Å². The zero-order valence-corrected chi connectivity index (χ0v) is 26.5. The summed E-state index contributed by atoms with van der Waals surface area (Å²) in [6.45, 7) is 0.546. The van der Waals surface area contributed by atoms with E-state index >= 15 is 8.78 Å². The topological polar surface area (TPSA) is 111 Å². The monoisotopic (exact) mass is 653 g/mol. The molecular weight excluding hydrogens is 612 g/mol. The SMILES string of the molecule is NC1CC2CCC(C1)N2C(=O)[C@@H](NS(=O)(=O)c1ccc(OCC2CCCCC2)cc1)C(F)(F)c1ccc(Oc2ccccc2)cc1. The molecule has 3 fully saturated rings. The molecule has 2 heterocycles. The maximum atomic E-state index is 16.5.